The van der Waals surface area contributed by atoms with Crippen molar-refractivity contribution in [3.05, 3.63) is 69.8 Å². The van der Waals surface area contributed by atoms with Crippen LogP contribution in [-0.2, 0) is 17.6 Å². The van der Waals surface area contributed by atoms with Crippen LogP contribution in [0.2, 0.25) is 0 Å². The highest BCUT2D eigenvalue weighted by atomic mass is 16.5. The van der Waals surface area contributed by atoms with Gasteiger partial charge in [0.25, 0.3) is 0 Å². The first-order valence-electron chi connectivity index (χ1n) is 9.65. The maximum absolute atomic E-state index is 5.99. The fraction of sp³-hybridized carbons (Fsp3) is 0.500. The Morgan fingerprint density at radius 1 is 0.680 bits per heavy atom. The lowest BCUT2D eigenvalue weighted by Gasteiger charge is -2.15. The zero-order chi connectivity index (χ0) is 18.4. The average Bonchev–Trinajstić information content (AvgIpc) is 2.54. The Labute approximate surface area is 154 Å². The van der Waals surface area contributed by atoms with E-state index in [1.54, 1.807) is 0 Å². The molecule has 1 nitrogen and oxygen atoms in total. The Morgan fingerprint density at radius 2 is 1.08 bits per heavy atom. The first kappa shape index (κ1) is 19.7. The fourth-order valence-electron chi connectivity index (χ4n) is 3.49. The predicted molar refractivity (Wildman–Crippen MR) is 109 cm³/mol. The van der Waals surface area contributed by atoms with Crippen LogP contribution in [0, 0.1) is 13.8 Å². The molecule has 0 aliphatic carbocycles. The molecule has 0 amide bonds. The van der Waals surface area contributed by atoms with E-state index in [0.717, 1.165) is 26.1 Å². The van der Waals surface area contributed by atoms with Gasteiger partial charge in [0.15, 0.2) is 0 Å². The van der Waals surface area contributed by atoms with Crippen molar-refractivity contribution in [2.45, 2.75) is 66.2 Å². The van der Waals surface area contributed by atoms with E-state index in [0.29, 0.717) is 11.8 Å². The number of ether oxygens (including phenoxy) is 1. The predicted octanol–water partition coefficient (Wildman–Crippen LogP) is 6.35. The number of rotatable bonds is 8. The number of aryl methyl sites for hydroxylation is 2. The zero-order valence-electron chi connectivity index (χ0n) is 16.9. The number of benzene rings is 2. The van der Waals surface area contributed by atoms with Gasteiger partial charge in [0.1, 0.15) is 0 Å². The largest absolute Gasteiger partial charge is 0.381 e. The van der Waals surface area contributed by atoms with E-state index in [-0.39, 0.29) is 0 Å². The van der Waals surface area contributed by atoms with Crippen LogP contribution in [0.15, 0.2) is 36.4 Å². The molecule has 0 spiro atoms. The van der Waals surface area contributed by atoms with Crippen molar-refractivity contribution in [1.29, 1.82) is 0 Å². The SMILES string of the molecule is Cc1ccc(C(C)C)c(CCOCCc2cc(C)ccc2C(C)C)c1. The summed E-state index contributed by atoms with van der Waals surface area (Å²) >= 11 is 0. The van der Waals surface area contributed by atoms with E-state index in [9.17, 15) is 0 Å². The molecule has 0 unspecified atom stereocenters. The van der Waals surface area contributed by atoms with Crippen LogP contribution in [0.5, 0.6) is 0 Å². The monoisotopic (exact) mass is 338 g/mol. The molecule has 0 fully saturated rings. The third-order valence-corrected chi connectivity index (χ3v) is 4.87. The summed E-state index contributed by atoms with van der Waals surface area (Å²) in [6.45, 7) is 15.0. The molecule has 0 saturated heterocycles. The van der Waals surface area contributed by atoms with Crippen LogP contribution in [0.1, 0.15) is 72.9 Å². The number of hydrogen-bond acceptors (Lipinski definition) is 1. The van der Waals surface area contributed by atoms with Crippen molar-refractivity contribution in [3.8, 4) is 0 Å². The Kier molecular flexibility index (Phi) is 7.25. The molecule has 0 aliphatic heterocycles. The Hall–Kier alpha value is -1.60. The standard InChI is InChI=1S/C24H34O/c1-17(2)23-9-7-19(5)15-21(23)11-13-25-14-12-22-16-20(6)8-10-24(22)18(3)4/h7-10,15-18H,11-14H2,1-6H3. The second-order valence-electron chi connectivity index (χ2n) is 7.83. The van der Waals surface area contributed by atoms with Gasteiger partial charge in [0.2, 0.25) is 0 Å². The van der Waals surface area contributed by atoms with E-state index >= 15 is 0 Å². The van der Waals surface area contributed by atoms with E-state index in [1.807, 2.05) is 0 Å². The first-order valence-corrected chi connectivity index (χ1v) is 9.65. The summed E-state index contributed by atoms with van der Waals surface area (Å²) in [7, 11) is 0. The lowest BCUT2D eigenvalue weighted by molar-refractivity contribution is 0.140. The molecular formula is C24H34O. The van der Waals surface area contributed by atoms with E-state index in [1.165, 1.54) is 33.4 Å². The van der Waals surface area contributed by atoms with Gasteiger partial charge in [-0.05, 0) is 60.8 Å². The lowest BCUT2D eigenvalue weighted by atomic mass is 9.94. The van der Waals surface area contributed by atoms with Gasteiger partial charge in [-0.1, -0.05) is 75.2 Å². The molecule has 0 heterocycles. The summed E-state index contributed by atoms with van der Waals surface area (Å²) in [5.41, 5.74) is 8.45. The maximum Gasteiger partial charge on any atom is 0.0506 e. The van der Waals surface area contributed by atoms with Gasteiger partial charge < -0.3 is 4.74 Å². The zero-order valence-corrected chi connectivity index (χ0v) is 16.9. The molecule has 2 rings (SSSR count). The van der Waals surface area contributed by atoms with Crippen molar-refractivity contribution in [2.75, 3.05) is 13.2 Å². The molecule has 0 aromatic heterocycles. The van der Waals surface area contributed by atoms with E-state index in [4.69, 9.17) is 4.74 Å². The van der Waals surface area contributed by atoms with Crippen LogP contribution in [0.4, 0.5) is 0 Å². The molecule has 2 aromatic rings. The minimum Gasteiger partial charge on any atom is -0.381 e. The van der Waals surface area contributed by atoms with Gasteiger partial charge in [-0.2, -0.15) is 0 Å². The molecule has 1 heteroatoms. The molecule has 0 atom stereocenters. The Morgan fingerprint density at radius 3 is 1.44 bits per heavy atom. The fourth-order valence-corrected chi connectivity index (χ4v) is 3.49. The van der Waals surface area contributed by atoms with Crippen LogP contribution in [-0.4, -0.2) is 13.2 Å². The summed E-state index contributed by atoms with van der Waals surface area (Å²) in [5, 5.41) is 0. The first-order chi connectivity index (χ1) is 11.9. The van der Waals surface area contributed by atoms with E-state index < -0.39 is 0 Å². The van der Waals surface area contributed by atoms with E-state index in [2.05, 4.69) is 77.9 Å². The molecule has 25 heavy (non-hydrogen) atoms. The highest BCUT2D eigenvalue weighted by Gasteiger charge is 2.08. The van der Waals surface area contributed by atoms with Gasteiger partial charge in [0, 0.05) is 0 Å². The van der Waals surface area contributed by atoms with Gasteiger partial charge in [-0.25, -0.2) is 0 Å². The average molecular weight is 339 g/mol. The molecule has 0 bridgehead atoms. The lowest BCUT2D eigenvalue weighted by Crippen LogP contribution is -2.07. The smallest absolute Gasteiger partial charge is 0.0506 e. The van der Waals surface area contributed by atoms with Crippen molar-refractivity contribution in [1.82, 2.24) is 0 Å². The normalized spacial score (nSPS) is 11.5. The van der Waals surface area contributed by atoms with Crippen molar-refractivity contribution in [3.63, 3.8) is 0 Å². The molecular weight excluding hydrogens is 304 g/mol. The third-order valence-electron chi connectivity index (χ3n) is 4.87. The third kappa shape index (κ3) is 5.71. The minimum atomic E-state index is 0.566. The van der Waals surface area contributed by atoms with Gasteiger partial charge in [-0.3, -0.25) is 0 Å². The Balaban J connectivity index is 1.89. The number of hydrogen-bond donors (Lipinski definition) is 0. The summed E-state index contributed by atoms with van der Waals surface area (Å²) < 4.78 is 5.99. The van der Waals surface area contributed by atoms with Crippen LogP contribution in [0.3, 0.4) is 0 Å². The highest BCUT2D eigenvalue weighted by molar-refractivity contribution is 5.34. The van der Waals surface area contributed by atoms with Crippen molar-refractivity contribution >= 4 is 0 Å². The van der Waals surface area contributed by atoms with Gasteiger partial charge in [0.05, 0.1) is 13.2 Å². The molecule has 0 saturated carbocycles. The second-order valence-corrected chi connectivity index (χ2v) is 7.83. The molecule has 0 aliphatic rings. The Bertz CT molecular complexity index is 623. The maximum atomic E-state index is 5.99. The van der Waals surface area contributed by atoms with Gasteiger partial charge in [-0.15, -0.1) is 0 Å². The second kappa shape index (κ2) is 9.20. The van der Waals surface area contributed by atoms with Crippen LogP contribution < -0.4 is 0 Å². The summed E-state index contributed by atoms with van der Waals surface area (Å²) in [5.74, 6) is 1.13. The van der Waals surface area contributed by atoms with Crippen LogP contribution >= 0.6 is 0 Å². The topological polar surface area (TPSA) is 9.23 Å². The quantitative estimate of drug-likeness (QED) is 0.509. The highest BCUT2D eigenvalue weighted by Crippen LogP contribution is 2.22. The van der Waals surface area contributed by atoms with Gasteiger partial charge >= 0.3 is 0 Å². The van der Waals surface area contributed by atoms with Crippen LogP contribution in [0.25, 0.3) is 0 Å². The van der Waals surface area contributed by atoms with Crippen molar-refractivity contribution in [2.24, 2.45) is 0 Å². The summed E-state index contributed by atoms with van der Waals surface area (Å²) in [4.78, 5) is 0. The molecule has 0 radical (unpaired) electrons. The molecule has 0 N–H and O–H groups in total. The van der Waals surface area contributed by atoms with Crippen molar-refractivity contribution < 1.29 is 4.74 Å². The summed E-state index contributed by atoms with van der Waals surface area (Å²) in [6.07, 6.45) is 2.00. The summed E-state index contributed by atoms with van der Waals surface area (Å²) in [6, 6.07) is 13.6. The molecule has 136 valence electrons. The minimum absolute atomic E-state index is 0.566. The molecule has 2 aromatic carbocycles.